The Labute approximate surface area is 160 Å². The molecular formula is C19H16Cl2N2OS. The molecule has 0 spiro atoms. The standard InChI is InChI=1S/C19H16Cl2N2OS/c20-14-5-3-6-15(21)19(14)25-11-18(24)23-9-8-17-13(10-23)12-4-1-2-7-16(12)22-17/h1-7,22H,8-11H2. The average molecular weight is 391 g/mol. The van der Waals surface area contributed by atoms with Crippen LogP contribution in [-0.4, -0.2) is 28.1 Å². The molecule has 0 atom stereocenters. The second kappa shape index (κ2) is 6.94. The molecular weight excluding hydrogens is 375 g/mol. The van der Waals surface area contributed by atoms with Gasteiger partial charge in [-0.2, -0.15) is 0 Å². The number of halogens is 2. The third kappa shape index (κ3) is 3.26. The molecule has 2 heterocycles. The van der Waals surface area contributed by atoms with E-state index < -0.39 is 0 Å². The van der Waals surface area contributed by atoms with Gasteiger partial charge in [-0.1, -0.05) is 47.5 Å². The number of benzene rings is 2. The number of hydrogen-bond acceptors (Lipinski definition) is 2. The zero-order valence-corrected chi connectivity index (χ0v) is 15.7. The Hall–Kier alpha value is -1.62. The van der Waals surface area contributed by atoms with Gasteiger partial charge in [0, 0.05) is 46.6 Å². The zero-order valence-electron chi connectivity index (χ0n) is 13.4. The molecule has 0 unspecified atom stereocenters. The fourth-order valence-electron chi connectivity index (χ4n) is 3.22. The number of aromatic amines is 1. The largest absolute Gasteiger partial charge is 0.358 e. The minimum absolute atomic E-state index is 0.108. The Morgan fingerprint density at radius 2 is 1.88 bits per heavy atom. The fourth-order valence-corrected chi connectivity index (χ4v) is 4.81. The lowest BCUT2D eigenvalue weighted by molar-refractivity contribution is -0.129. The SMILES string of the molecule is O=C(CSc1c(Cl)cccc1Cl)N1CCc2[nH]c3ccccc3c2C1. The first-order valence-corrected chi connectivity index (χ1v) is 9.80. The molecule has 1 aromatic heterocycles. The van der Waals surface area contributed by atoms with Crippen LogP contribution in [0.3, 0.4) is 0 Å². The summed E-state index contributed by atoms with van der Waals surface area (Å²) in [7, 11) is 0. The molecule has 0 radical (unpaired) electrons. The van der Waals surface area contributed by atoms with Gasteiger partial charge in [0.15, 0.2) is 0 Å². The van der Waals surface area contributed by atoms with Crippen LogP contribution in [0.4, 0.5) is 0 Å². The molecule has 0 saturated heterocycles. The molecule has 1 aliphatic heterocycles. The van der Waals surface area contributed by atoms with Crippen molar-refractivity contribution in [2.24, 2.45) is 0 Å². The summed E-state index contributed by atoms with van der Waals surface area (Å²) < 4.78 is 0. The first kappa shape index (κ1) is 16.8. The van der Waals surface area contributed by atoms with Crippen LogP contribution in [0.25, 0.3) is 10.9 Å². The monoisotopic (exact) mass is 390 g/mol. The van der Waals surface area contributed by atoms with Crippen LogP contribution in [-0.2, 0) is 17.8 Å². The lowest BCUT2D eigenvalue weighted by Crippen LogP contribution is -2.36. The van der Waals surface area contributed by atoms with E-state index in [-0.39, 0.29) is 5.91 Å². The number of carbonyl (C=O) groups excluding carboxylic acids is 1. The van der Waals surface area contributed by atoms with Gasteiger partial charge in [0.1, 0.15) is 0 Å². The van der Waals surface area contributed by atoms with E-state index in [1.165, 1.54) is 28.4 Å². The molecule has 3 aromatic rings. The molecule has 25 heavy (non-hydrogen) atoms. The van der Waals surface area contributed by atoms with E-state index >= 15 is 0 Å². The number of nitrogens with zero attached hydrogens (tertiary/aromatic N) is 1. The lowest BCUT2D eigenvalue weighted by Gasteiger charge is -2.27. The van der Waals surface area contributed by atoms with E-state index in [0.717, 1.165) is 23.4 Å². The van der Waals surface area contributed by atoms with Crippen molar-refractivity contribution in [2.45, 2.75) is 17.9 Å². The Bertz CT molecular complexity index is 933. The van der Waals surface area contributed by atoms with Gasteiger partial charge in [0.05, 0.1) is 15.8 Å². The first-order valence-electron chi connectivity index (χ1n) is 8.06. The van der Waals surface area contributed by atoms with Crippen LogP contribution < -0.4 is 0 Å². The summed E-state index contributed by atoms with van der Waals surface area (Å²) in [5, 5.41) is 2.38. The van der Waals surface area contributed by atoms with Crippen molar-refractivity contribution < 1.29 is 4.79 Å². The van der Waals surface area contributed by atoms with Crippen molar-refractivity contribution in [2.75, 3.05) is 12.3 Å². The molecule has 3 nitrogen and oxygen atoms in total. The van der Waals surface area contributed by atoms with Gasteiger partial charge in [0.25, 0.3) is 0 Å². The molecule has 2 aromatic carbocycles. The normalized spacial score (nSPS) is 13.9. The van der Waals surface area contributed by atoms with Gasteiger partial charge in [-0.15, -0.1) is 11.8 Å². The van der Waals surface area contributed by atoms with Crippen molar-refractivity contribution in [3.8, 4) is 0 Å². The van der Waals surface area contributed by atoms with Crippen LogP contribution in [0.1, 0.15) is 11.3 Å². The van der Waals surface area contributed by atoms with Gasteiger partial charge in [-0.3, -0.25) is 4.79 Å². The van der Waals surface area contributed by atoms with E-state index in [0.29, 0.717) is 22.3 Å². The van der Waals surface area contributed by atoms with Crippen LogP contribution in [0.5, 0.6) is 0 Å². The van der Waals surface area contributed by atoms with E-state index in [9.17, 15) is 4.79 Å². The molecule has 6 heteroatoms. The summed E-state index contributed by atoms with van der Waals surface area (Å²) in [5.74, 6) is 0.443. The zero-order chi connectivity index (χ0) is 17.4. The Morgan fingerprint density at radius 1 is 1.12 bits per heavy atom. The minimum atomic E-state index is 0.108. The predicted molar refractivity (Wildman–Crippen MR) is 105 cm³/mol. The maximum Gasteiger partial charge on any atom is 0.233 e. The number of fused-ring (bicyclic) bond motifs is 3. The number of aromatic nitrogens is 1. The van der Waals surface area contributed by atoms with Gasteiger partial charge in [-0.25, -0.2) is 0 Å². The van der Waals surface area contributed by atoms with Crippen LogP contribution in [0, 0.1) is 0 Å². The molecule has 1 N–H and O–H groups in total. The second-order valence-corrected chi connectivity index (χ2v) is 7.83. The highest BCUT2D eigenvalue weighted by atomic mass is 35.5. The lowest BCUT2D eigenvalue weighted by atomic mass is 10.0. The Balaban J connectivity index is 1.49. The van der Waals surface area contributed by atoms with Gasteiger partial charge >= 0.3 is 0 Å². The maximum atomic E-state index is 12.7. The number of rotatable bonds is 3. The van der Waals surface area contributed by atoms with Crippen molar-refractivity contribution in [1.82, 2.24) is 9.88 Å². The summed E-state index contributed by atoms with van der Waals surface area (Å²) >= 11 is 13.8. The smallest absolute Gasteiger partial charge is 0.233 e. The second-order valence-electron chi connectivity index (χ2n) is 6.03. The first-order chi connectivity index (χ1) is 12.1. The number of amides is 1. The van der Waals surface area contributed by atoms with Crippen molar-refractivity contribution in [3.05, 3.63) is 63.8 Å². The van der Waals surface area contributed by atoms with Crippen molar-refractivity contribution in [3.63, 3.8) is 0 Å². The molecule has 4 rings (SSSR count). The third-order valence-corrected chi connectivity index (χ3v) is 6.47. The van der Waals surface area contributed by atoms with Crippen molar-refractivity contribution in [1.29, 1.82) is 0 Å². The summed E-state index contributed by atoms with van der Waals surface area (Å²) in [4.78, 5) is 18.8. The highest BCUT2D eigenvalue weighted by Gasteiger charge is 2.24. The predicted octanol–water partition coefficient (Wildman–Crippen LogP) is 5.15. The number of thioether (sulfide) groups is 1. The highest BCUT2D eigenvalue weighted by molar-refractivity contribution is 8.00. The van der Waals surface area contributed by atoms with E-state index in [1.807, 2.05) is 17.0 Å². The molecule has 1 aliphatic rings. The van der Waals surface area contributed by atoms with Gasteiger partial charge in [-0.05, 0) is 18.2 Å². The fraction of sp³-hybridized carbons (Fsp3) is 0.211. The summed E-state index contributed by atoms with van der Waals surface area (Å²) in [6.07, 6.45) is 0.854. The van der Waals surface area contributed by atoms with E-state index in [2.05, 4.69) is 17.1 Å². The summed E-state index contributed by atoms with van der Waals surface area (Å²) in [5.41, 5.74) is 3.61. The van der Waals surface area contributed by atoms with Crippen LogP contribution in [0.15, 0.2) is 47.4 Å². The van der Waals surface area contributed by atoms with Crippen molar-refractivity contribution >= 4 is 51.8 Å². The molecule has 0 saturated carbocycles. The number of H-pyrrole nitrogens is 1. The number of para-hydroxylation sites is 1. The number of carbonyl (C=O) groups is 1. The Kier molecular flexibility index (Phi) is 4.67. The van der Waals surface area contributed by atoms with E-state index in [4.69, 9.17) is 23.2 Å². The molecule has 128 valence electrons. The Morgan fingerprint density at radius 3 is 2.68 bits per heavy atom. The average Bonchev–Trinajstić information content (AvgIpc) is 2.99. The van der Waals surface area contributed by atoms with Gasteiger partial charge < -0.3 is 9.88 Å². The number of hydrogen-bond donors (Lipinski definition) is 1. The van der Waals surface area contributed by atoms with Gasteiger partial charge in [0.2, 0.25) is 5.91 Å². The summed E-state index contributed by atoms with van der Waals surface area (Å²) in [6.45, 7) is 1.38. The minimum Gasteiger partial charge on any atom is -0.358 e. The number of nitrogens with one attached hydrogen (secondary N) is 1. The molecule has 0 bridgehead atoms. The molecule has 1 amide bonds. The highest BCUT2D eigenvalue weighted by Crippen LogP contribution is 2.34. The van der Waals surface area contributed by atoms with E-state index in [1.54, 1.807) is 18.2 Å². The van der Waals surface area contributed by atoms with Crippen LogP contribution >= 0.6 is 35.0 Å². The topological polar surface area (TPSA) is 36.1 Å². The summed E-state index contributed by atoms with van der Waals surface area (Å²) in [6, 6.07) is 13.6. The van der Waals surface area contributed by atoms with Crippen LogP contribution in [0.2, 0.25) is 10.0 Å². The third-order valence-electron chi connectivity index (χ3n) is 4.49. The molecule has 0 fully saturated rings. The quantitative estimate of drug-likeness (QED) is 0.627. The molecule has 0 aliphatic carbocycles. The maximum absolute atomic E-state index is 12.7.